The third-order valence-electron chi connectivity index (χ3n) is 5.05. The van der Waals surface area contributed by atoms with Gasteiger partial charge in [0.2, 0.25) is 0 Å². The lowest BCUT2D eigenvalue weighted by Crippen LogP contribution is -2.47. The van der Waals surface area contributed by atoms with E-state index in [-0.39, 0.29) is 11.8 Å². The molecule has 0 saturated heterocycles. The highest BCUT2D eigenvalue weighted by molar-refractivity contribution is 6.51. The third kappa shape index (κ3) is 4.33. The molecule has 1 fully saturated rings. The molecule has 2 aromatic heterocycles. The van der Waals surface area contributed by atoms with E-state index in [0.29, 0.717) is 18.7 Å². The summed E-state index contributed by atoms with van der Waals surface area (Å²) >= 11 is 12.2. The molecule has 1 aromatic carbocycles. The van der Waals surface area contributed by atoms with Crippen LogP contribution in [-0.4, -0.2) is 37.0 Å². The number of nitrogens with one attached hydrogen (secondary N) is 1. The molecule has 8 heteroatoms. The minimum absolute atomic E-state index is 0.157. The first kappa shape index (κ1) is 20.0. The Hall–Kier alpha value is -2.31. The van der Waals surface area contributed by atoms with E-state index in [9.17, 15) is 4.79 Å². The predicted octanol–water partition coefficient (Wildman–Crippen LogP) is 3.91. The fourth-order valence-corrected chi connectivity index (χ4v) is 3.81. The van der Waals surface area contributed by atoms with Gasteiger partial charge in [-0.1, -0.05) is 18.2 Å². The fourth-order valence-electron chi connectivity index (χ4n) is 3.25. The summed E-state index contributed by atoms with van der Waals surface area (Å²) in [6.45, 7) is 3.92. The fraction of sp³-hybridized carbons (Fsp3) is 0.381. The number of hydrogen-bond acceptors (Lipinski definition) is 4. The van der Waals surface area contributed by atoms with E-state index in [0.717, 1.165) is 23.5 Å². The smallest absolute Gasteiger partial charge is 0.263 e. The van der Waals surface area contributed by atoms with Crippen LogP contribution in [0, 0.1) is 0 Å². The number of nitrogens with zero attached hydrogens (tertiary/aromatic N) is 3. The van der Waals surface area contributed by atoms with E-state index in [1.54, 1.807) is 13.8 Å². The molecule has 4 rings (SSSR count). The second-order valence-corrected chi connectivity index (χ2v) is 9.29. The molecule has 0 radical (unpaired) electrons. The number of halogens is 2. The summed E-state index contributed by atoms with van der Waals surface area (Å²) < 4.78 is 7.17. The Bertz CT molecular complexity index is 1030. The molecule has 152 valence electrons. The number of carbonyl (C=O) groups excluding carboxylic acids is 1. The molecule has 0 bridgehead atoms. The SMILES string of the molecule is CC(C)(Oc1ccc([C@H]2CC2(Cl)Cl)cc1)C(=O)NCCc1nnc2ccccn12. The van der Waals surface area contributed by atoms with E-state index >= 15 is 0 Å². The number of benzene rings is 1. The van der Waals surface area contributed by atoms with Crippen molar-refractivity contribution in [1.29, 1.82) is 0 Å². The number of ether oxygens (including phenoxy) is 1. The minimum Gasteiger partial charge on any atom is -0.478 e. The molecule has 1 aliphatic carbocycles. The minimum atomic E-state index is -1.02. The number of carbonyl (C=O) groups is 1. The van der Waals surface area contributed by atoms with E-state index in [1.165, 1.54) is 0 Å². The van der Waals surface area contributed by atoms with Crippen LogP contribution in [0.25, 0.3) is 5.65 Å². The molecular weight excluding hydrogens is 411 g/mol. The average molecular weight is 433 g/mol. The van der Waals surface area contributed by atoms with Crippen LogP contribution in [0.15, 0.2) is 48.7 Å². The Kier molecular flexibility index (Phi) is 5.17. The van der Waals surface area contributed by atoms with E-state index in [1.807, 2.05) is 53.1 Å². The number of hydrogen-bond donors (Lipinski definition) is 1. The van der Waals surface area contributed by atoms with Gasteiger partial charge in [-0.15, -0.1) is 33.4 Å². The van der Waals surface area contributed by atoms with Crippen LogP contribution in [0.2, 0.25) is 0 Å². The molecule has 3 aromatic rings. The lowest BCUT2D eigenvalue weighted by Gasteiger charge is -2.25. The Labute approximate surface area is 179 Å². The van der Waals surface area contributed by atoms with Crippen molar-refractivity contribution in [2.45, 2.75) is 42.5 Å². The number of aromatic nitrogens is 3. The highest BCUT2D eigenvalue weighted by Gasteiger charge is 2.52. The predicted molar refractivity (Wildman–Crippen MR) is 113 cm³/mol. The first-order valence-electron chi connectivity index (χ1n) is 9.50. The number of rotatable bonds is 7. The molecule has 1 N–H and O–H groups in total. The van der Waals surface area contributed by atoms with E-state index in [2.05, 4.69) is 15.5 Å². The molecule has 1 saturated carbocycles. The van der Waals surface area contributed by atoms with Crippen molar-refractivity contribution in [3.8, 4) is 5.75 Å². The van der Waals surface area contributed by atoms with Gasteiger partial charge in [-0.2, -0.15) is 0 Å². The van der Waals surface area contributed by atoms with Gasteiger partial charge in [0.15, 0.2) is 11.2 Å². The molecule has 1 aliphatic rings. The number of alkyl halides is 2. The van der Waals surface area contributed by atoms with Gasteiger partial charge >= 0.3 is 0 Å². The third-order valence-corrected chi connectivity index (χ3v) is 5.88. The maximum Gasteiger partial charge on any atom is 0.263 e. The monoisotopic (exact) mass is 432 g/mol. The van der Waals surface area contributed by atoms with E-state index < -0.39 is 9.93 Å². The van der Waals surface area contributed by atoms with Crippen LogP contribution >= 0.6 is 23.2 Å². The zero-order chi connectivity index (χ0) is 20.6. The lowest BCUT2D eigenvalue weighted by atomic mass is 10.1. The van der Waals surface area contributed by atoms with Crippen LogP contribution in [0.1, 0.15) is 37.6 Å². The van der Waals surface area contributed by atoms with Crippen molar-refractivity contribution < 1.29 is 9.53 Å². The quantitative estimate of drug-likeness (QED) is 0.574. The average Bonchev–Trinajstić information content (AvgIpc) is 3.14. The topological polar surface area (TPSA) is 68.5 Å². The molecule has 6 nitrogen and oxygen atoms in total. The van der Waals surface area contributed by atoms with Gasteiger partial charge in [-0.3, -0.25) is 9.20 Å². The van der Waals surface area contributed by atoms with Crippen molar-refractivity contribution in [2.24, 2.45) is 0 Å². The standard InChI is InChI=1S/C21H22Cl2N4O2/c1-20(2,29-15-8-6-14(7-9-15)16-13-21(16,22)23)19(28)24-11-10-18-26-25-17-5-3-4-12-27(17)18/h3-9,12,16H,10-11,13H2,1-2H3,(H,24,28)/t16-/m1/s1. The number of fused-ring (bicyclic) bond motifs is 1. The normalized spacial score (nSPS) is 17.9. The molecule has 0 aliphatic heterocycles. The van der Waals surface area contributed by atoms with Gasteiger partial charge < -0.3 is 10.1 Å². The second-order valence-electron chi connectivity index (χ2n) is 7.75. The first-order chi connectivity index (χ1) is 13.8. The van der Waals surface area contributed by atoms with E-state index in [4.69, 9.17) is 27.9 Å². The maximum atomic E-state index is 12.6. The van der Waals surface area contributed by atoms with Crippen LogP contribution in [0.3, 0.4) is 0 Å². The van der Waals surface area contributed by atoms with Gasteiger partial charge in [-0.25, -0.2) is 0 Å². The van der Waals surface area contributed by atoms with Crippen molar-refractivity contribution >= 4 is 34.8 Å². The Morgan fingerprint density at radius 1 is 1.24 bits per heavy atom. The molecule has 0 spiro atoms. The van der Waals surface area contributed by atoms with Crippen molar-refractivity contribution in [3.05, 3.63) is 60.0 Å². The highest BCUT2D eigenvalue weighted by Crippen LogP contribution is 2.59. The second kappa shape index (κ2) is 7.50. The Morgan fingerprint density at radius 2 is 1.97 bits per heavy atom. The van der Waals surface area contributed by atoms with Gasteiger partial charge in [0.1, 0.15) is 15.9 Å². The molecule has 1 amide bonds. The van der Waals surface area contributed by atoms with Gasteiger partial charge in [0.05, 0.1) is 0 Å². The molecule has 2 heterocycles. The molecular formula is C21H22Cl2N4O2. The van der Waals surface area contributed by atoms with Crippen molar-refractivity contribution in [3.63, 3.8) is 0 Å². The van der Waals surface area contributed by atoms with Gasteiger partial charge in [0, 0.05) is 25.1 Å². The van der Waals surface area contributed by atoms with Gasteiger partial charge in [0.25, 0.3) is 5.91 Å². The summed E-state index contributed by atoms with van der Waals surface area (Å²) in [6, 6.07) is 13.3. The van der Waals surface area contributed by atoms with Gasteiger partial charge in [-0.05, 0) is 50.1 Å². The maximum absolute atomic E-state index is 12.6. The van der Waals surface area contributed by atoms with Crippen LogP contribution in [-0.2, 0) is 11.2 Å². The summed E-state index contributed by atoms with van der Waals surface area (Å²) in [7, 11) is 0. The van der Waals surface area contributed by atoms with Crippen LogP contribution < -0.4 is 10.1 Å². The summed E-state index contributed by atoms with van der Waals surface area (Å²) in [4.78, 5) is 12.6. The highest BCUT2D eigenvalue weighted by atomic mass is 35.5. The van der Waals surface area contributed by atoms with Crippen LogP contribution in [0.4, 0.5) is 0 Å². The first-order valence-corrected chi connectivity index (χ1v) is 10.3. The molecule has 29 heavy (non-hydrogen) atoms. The molecule has 1 atom stereocenters. The van der Waals surface area contributed by atoms with Crippen molar-refractivity contribution in [1.82, 2.24) is 19.9 Å². The Balaban J connectivity index is 1.31. The van der Waals surface area contributed by atoms with Crippen LogP contribution in [0.5, 0.6) is 5.75 Å². The zero-order valence-corrected chi connectivity index (χ0v) is 17.7. The summed E-state index contributed by atoms with van der Waals surface area (Å²) in [5, 5.41) is 11.2. The molecule has 0 unspecified atom stereocenters. The summed E-state index contributed by atoms with van der Waals surface area (Å²) in [5.41, 5.74) is 0.842. The lowest BCUT2D eigenvalue weighted by molar-refractivity contribution is -0.134. The summed E-state index contributed by atoms with van der Waals surface area (Å²) in [6.07, 6.45) is 3.23. The number of pyridine rings is 1. The summed E-state index contributed by atoms with van der Waals surface area (Å²) in [5.74, 6) is 1.38. The number of amides is 1. The van der Waals surface area contributed by atoms with Crippen molar-refractivity contribution in [2.75, 3.05) is 6.54 Å². The Morgan fingerprint density at radius 3 is 2.66 bits per heavy atom. The zero-order valence-electron chi connectivity index (χ0n) is 16.2. The largest absolute Gasteiger partial charge is 0.478 e.